The molecule has 0 saturated carbocycles. The Hall–Kier alpha value is -3.62. The van der Waals surface area contributed by atoms with E-state index < -0.39 is 11.7 Å². The summed E-state index contributed by atoms with van der Waals surface area (Å²) >= 11 is 0. The lowest BCUT2D eigenvalue weighted by Gasteiger charge is -2.10. The molecule has 1 N–H and O–H groups in total. The number of nitrogens with one attached hydrogen (secondary N) is 1. The van der Waals surface area contributed by atoms with E-state index >= 15 is 0 Å². The number of rotatable bonds is 4. The maximum atomic E-state index is 13.0. The number of hydrogen-bond acceptors (Lipinski definition) is 3. The van der Waals surface area contributed by atoms with Crippen molar-refractivity contribution in [3.8, 4) is 5.69 Å². The summed E-state index contributed by atoms with van der Waals surface area (Å²) in [4.78, 5) is 16.8. The van der Waals surface area contributed by atoms with Crippen molar-refractivity contribution < 1.29 is 18.0 Å². The van der Waals surface area contributed by atoms with Crippen molar-refractivity contribution in [2.24, 2.45) is 0 Å². The first-order valence-electron chi connectivity index (χ1n) is 9.18. The summed E-state index contributed by atoms with van der Waals surface area (Å²) in [5, 5.41) is 4.35. The highest BCUT2D eigenvalue weighted by atomic mass is 19.4. The van der Waals surface area contributed by atoms with Crippen molar-refractivity contribution in [2.75, 3.05) is 5.43 Å². The highest BCUT2D eigenvalue weighted by Gasteiger charge is 2.30. The monoisotopic (exact) mass is 413 g/mol. The molecule has 0 bridgehead atoms. The van der Waals surface area contributed by atoms with Gasteiger partial charge in [-0.05, 0) is 44.2 Å². The first-order valence-corrected chi connectivity index (χ1v) is 9.18. The van der Waals surface area contributed by atoms with E-state index in [9.17, 15) is 18.0 Å². The van der Waals surface area contributed by atoms with Crippen LogP contribution in [-0.4, -0.2) is 25.3 Å². The van der Waals surface area contributed by atoms with Gasteiger partial charge in [-0.3, -0.25) is 10.2 Å². The number of alkyl halides is 3. The number of carbonyl (C=O) groups excluding carboxylic acids is 1. The zero-order valence-electron chi connectivity index (χ0n) is 16.2. The Morgan fingerprint density at radius 1 is 1.10 bits per heavy atom. The lowest BCUT2D eigenvalue weighted by atomic mass is 10.1. The molecule has 0 fully saturated rings. The fourth-order valence-corrected chi connectivity index (χ4v) is 3.38. The quantitative estimate of drug-likeness (QED) is 0.546. The number of benzene rings is 2. The summed E-state index contributed by atoms with van der Waals surface area (Å²) in [6.45, 7) is 3.46. The number of carbonyl (C=O) groups is 1. The van der Waals surface area contributed by atoms with E-state index in [0.717, 1.165) is 23.2 Å². The van der Waals surface area contributed by atoms with Gasteiger partial charge >= 0.3 is 6.18 Å². The Labute approximate surface area is 169 Å². The molecule has 0 saturated heterocycles. The van der Waals surface area contributed by atoms with Crippen LogP contribution in [-0.2, 0) is 17.4 Å². The number of hydrogen-bond donors (Lipinski definition) is 1. The van der Waals surface area contributed by atoms with Gasteiger partial charge in [-0.2, -0.15) is 18.3 Å². The molecule has 154 valence electrons. The van der Waals surface area contributed by atoms with Gasteiger partial charge in [-0.1, -0.05) is 18.2 Å². The van der Waals surface area contributed by atoms with Gasteiger partial charge in [-0.25, -0.2) is 14.3 Å². The van der Waals surface area contributed by atoms with Crippen molar-refractivity contribution in [3.63, 3.8) is 0 Å². The third-order valence-corrected chi connectivity index (χ3v) is 4.90. The van der Waals surface area contributed by atoms with Crippen LogP contribution in [0.5, 0.6) is 0 Å². The molecule has 2 heterocycles. The third kappa shape index (κ3) is 3.66. The summed E-state index contributed by atoms with van der Waals surface area (Å²) in [5.41, 5.74) is 5.68. The zero-order valence-corrected chi connectivity index (χ0v) is 16.2. The van der Waals surface area contributed by atoms with Crippen LogP contribution in [0, 0.1) is 13.8 Å². The molecular formula is C21H18F3N5O. The highest BCUT2D eigenvalue weighted by molar-refractivity contribution is 5.88. The van der Waals surface area contributed by atoms with E-state index in [2.05, 4.69) is 15.5 Å². The number of nitrogens with zero attached hydrogens (tertiary/aromatic N) is 4. The Balaban J connectivity index is 1.59. The third-order valence-electron chi connectivity index (χ3n) is 4.90. The number of para-hydroxylation sites is 2. The van der Waals surface area contributed by atoms with E-state index in [0.29, 0.717) is 17.0 Å². The van der Waals surface area contributed by atoms with Crippen molar-refractivity contribution in [3.05, 3.63) is 77.4 Å². The standard InChI is InChI=1S/C21H18F3N5O/c1-13-17(11-20(30)27-28-12-25-18-8-3-4-9-19(18)28)14(2)29(26-13)16-7-5-6-15(10-16)21(22,23)24/h3-10,12H,11H2,1-2H3,(H,27,30). The van der Waals surface area contributed by atoms with Gasteiger partial charge in [0.1, 0.15) is 6.33 Å². The molecule has 0 spiro atoms. The second-order valence-electron chi connectivity index (χ2n) is 6.92. The van der Waals surface area contributed by atoms with Crippen molar-refractivity contribution in [1.29, 1.82) is 0 Å². The van der Waals surface area contributed by atoms with Crippen molar-refractivity contribution in [2.45, 2.75) is 26.4 Å². The van der Waals surface area contributed by atoms with Crippen LogP contribution in [0.2, 0.25) is 0 Å². The predicted molar refractivity (Wildman–Crippen MR) is 106 cm³/mol. The molecule has 0 aliphatic heterocycles. The molecule has 4 rings (SSSR count). The molecule has 0 aliphatic rings. The molecule has 9 heteroatoms. The van der Waals surface area contributed by atoms with E-state index in [1.807, 2.05) is 24.3 Å². The number of amides is 1. The number of aryl methyl sites for hydroxylation is 1. The van der Waals surface area contributed by atoms with Crippen molar-refractivity contribution >= 4 is 16.9 Å². The van der Waals surface area contributed by atoms with Crippen LogP contribution in [0.25, 0.3) is 16.7 Å². The Morgan fingerprint density at radius 2 is 1.87 bits per heavy atom. The second-order valence-corrected chi connectivity index (χ2v) is 6.92. The minimum absolute atomic E-state index is 0.0309. The van der Waals surface area contributed by atoms with Gasteiger partial charge in [0, 0.05) is 11.3 Å². The molecule has 2 aromatic heterocycles. The molecule has 1 amide bonds. The fourth-order valence-electron chi connectivity index (χ4n) is 3.38. The maximum Gasteiger partial charge on any atom is 0.416 e. The van der Waals surface area contributed by atoms with E-state index in [4.69, 9.17) is 0 Å². The van der Waals surface area contributed by atoms with Crippen LogP contribution in [0.3, 0.4) is 0 Å². The molecule has 0 unspecified atom stereocenters. The summed E-state index contributed by atoms with van der Waals surface area (Å²) in [7, 11) is 0. The molecular weight excluding hydrogens is 395 g/mol. The first-order chi connectivity index (χ1) is 14.2. The van der Waals surface area contributed by atoms with E-state index in [1.54, 1.807) is 24.6 Å². The molecule has 4 aromatic rings. The van der Waals surface area contributed by atoms with Gasteiger partial charge in [-0.15, -0.1) is 0 Å². The van der Waals surface area contributed by atoms with Crippen LogP contribution >= 0.6 is 0 Å². The van der Waals surface area contributed by atoms with E-state index in [1.165, 1.54) is 17.1 Å². The minimum Gasteiger partial charge on any atom is -0.273 e. The Morgan fingerprint density at radius 3 is 2.63 bits per heavy atom. The average molecular weight is 413 g/mol. The second kappa shape index (κ2) is 7.33. The molecule has 0 radical (unpaired) electrons. The summed E-state index contributed by atoms with van der Waals surface area (Å²) in [6, 6.07) is 12.3. The largest absolute Gasteiger partial charge is 0.416 e. The zero-order chi connectivity index (χ0) is 21.5. The molecule has 0 aliphatic carbocycles. The van der Waals surface area contributed by atoms with Crippen LogP contribution < -0.4 is 5.43 Å². The van der Waals surface area contributed by atoms with Crippen LogP contribution in [0.1, 0.15) is 22.5 Å². The summed E-state index contributed by atoms with van der Waals surface area (Å²) in [6.07, 6.45) is -2.89. The van der Waals surface area contributed by atoms with Gasteiger partial charge in [0.25, 0.3) is 0 Å². The lowest BCUT2D eigenvalue weighted by molar-refractivity contribution is -0.137. The van der Waals surface area contributed by atoms with Gasteiger partial charge in [0.15, 0.2) is 0 Å². The molecule has 2 aromatic carbocycles. The molecule has 6 nitrogen and oxygen atoms in total. The predicted octanol–water partition coefficient (Wildman–Crippen LogP) is 4.17. The lowest BCUT2D eigenvalue weighted by Crippen LogP contribution is -2.24. The Kier molecular flexibility index (Phi) is 4.81. The molecule has 0 atom stereocenters. The number of imidazole rings is 1. The topological polar surface area (TPSA) is 64.7 Å². The highest BCUT2D eigenvalue weighted by Crippen LogP contribution is 2.31. The summed E-state index contributed by atoms with van der Waals surface area (Å²) < 4.78 is 42.1. The smallest absolute Gasteiger partial charge is 0.273 e. The van der Waals surface area contributed by atoms with Crippen LogP contribution in [0.4, 0.5) is 13.2 Å². The fraction of sp³-hybridized carbons (Fsp3) is 0.190. The van der Waals surface area contributed by atoms with Crippen molar-refractivity contribution in [1.82, 2.24) is 19.4 Å². The average Bonchev–Trinajstić information content (AvgIpc) is 3.23. The molecule has 30 heavy (non-hydrogen) atoms. The van der Waals surface area contributed by atoms with Crippen LogP contribution in [0.15, 0.2) is 54.9 Å². The number of aromatic nitrogens is 4. The summed E-state index contributed by atoms with van der Waals surface area (Å²) in [5.74, 6) is -0.284. The maximum absolute atomic E-state index is 13.0. The first kappa shape index (κ1) is 19.7. The van der Waals surface area contributed by atoms with Gasteiger partial charge in [0.05, 0.1) is 34.4 Å². The SMILES string of the molecule is Cc1nn(-c2cccc(C(F)(F)F)c2)c(C)c1CC(=O)Nn1cnc2ccccc21. The Bertz CT molecular complexity index is 1240. The number of halogens is 3. The van der Waals surface area contributed by atoms with Gasteiger partial charge < -0.3 is 0 Å². The number of fused-ring (bicyclic) bond motifs is 1. The van der Waals surface area contributed by atoms with E-state index in [-0.39, 0.29) is 18.0 Å². The van der Waals surface area contributed by atoms with Gasteiger partial charge in [0.2, 0.25) is 5.91 Å². The minimum atomic E-state index is -4.44. The normalized spacial score (nSPS) is 11.8.